The van der Waals surface area contributed by atoms with Gasteiger partial charge in [-0.3, -0.25) is 0 Å². The molecular formula is C8H20N2O3Si. The van der Waals surface area contributed by atoms with Gasteiger partial charge in [0.05, 0.1) is 13.8 Å². The highest BCUT2D eigenvalue weighted by molar-refractivity contribution is 6.77. The molecule has 0 spiro atoms. The molecule has 0 aromatic carbocycles. The summed E-state index contributed by atoms with van der Waals surface area (Å²) in [5, 5.41) is 18.4. The number of nitrogens with two attached hydrogens (primary N) is 1. The molecule has 0 aromatic rings. The molecule has 0 aliphatic carbocycles. The van der Waals surface area contributed by atoms with Gasteiger partial charge < -0.3 is 20.8 Å². The lowest BCUT2D eigenvalue weighted by Gasteiger charge is -2.30. The van der Waals surface area contributed by atoms with Crippen molar-refractivity contribution in [2.45, 2.75) is 31.4 Å². The Hall–Kier alpha value is -0.593. The van der Waals surface area contributed by atoms with Crippen molar-refractivity contribution in [2.24, 2.45) is 5.73 Å². The zero-order valence-electron chi connectivity index (χ0n) is 9.19. The number of likely N-dealkylation sites (N-methyl/N-ethyl adjacent to an activating group) is 1. The summed E-state index contributed by atoms with van der Waals surface area (Å²) < 4.78 is 0. The van der Waals surface area contributed by atoms with Gasteiger partial charge in [0, 0.05) is 19.6 Å². The van der Waals surface area contributed by atoms with Gasteiger partial charge in [-0.15, -0.1) is 0 Å². The highest BCUT2D eigenvalue weighted by Gasteiger charge is 2.31. The summed E-state index contributed by atoms with van der Waals surface area (Å²) in [6, 6.07) is -0.497. The van der Waals surface area contributed by atoms with Gasteiger partial charge in [-0.2, -0.15) is 0 Å². The summed E-state index contributed by atoms with van der Waals surface area (Å²) in [5.41, 5.74) is 5.14. The minimum atomic E-state index is -1.71. The Bertz CT molecular complexity index is 205. The molecule has 2 atom stereocenters. The van der Waals surface area contributed by atoms with Crippen molar-refractivity contribution in [3.8, 4) is 0 Å². The van der Waals surface area contributed by atoms with E-state index >= 15 is 0 Å². The van der Waals surface area contributed by atoms with E-state index in [9.17, 15) is 9.90 Å². The largest absolute Gasteiger partial charge is 0.465 e. The molecule has 0 radical (unpaired) electrons. The lowest BCUT2D eigenvalue weighted by molar-refractivity contribution is 0.140. The maximum Gasteiger partial charge on any atom is 0.407 e. The Labute approximate surface area is 85.5 Å². The summed E-state index contributed by atoms with van der Waals surface area (Å²) in [7, 11) is -0.271. The maximum absolute atomic E-state index is 10.5. The molecular weight excluding hydrogens is 200 g/mol. The van der Waals surface area contributed by atoms with Crippen molar-refractivity contribution in [1.82, 2.24) is 4.90 Å². The monoisotopic (exact) mass is 220 g/mol. The van der Waals surface area contributed by atoms with E-state index in [2.05, 4.69) is 0 Å². The number of nitrogens with zero attached hydrogens (tertiary/aromatic N) is 1. The number of aliphatic hydroxyl groups excluding tert-OH is 1. The Morgan fingerprint density at radius 3 is 2.21 bits per heavy atom. The number of amides is 1. The van der Waals surface area contributed by atoms with Gasteiger partial charge in [0.25, 0.3) is 0 Å². The van der Waals surface area contributed by atoms with Crippen molar-refractivity contribution >= 4 is 14.2 Å². The van der Waals surface area contributed by atoms with E-state index in [0.29, 0.717) is 0 Å². The zero-order valence-corrected chi connectivity index (χ0v) is 10.2. The van der Waals surface area contributed by atoms with Crippen molar-refractivity contribution in [3.63, 3.8) is 0 Å². The number of carboxylic acid groups (broad SMARTS) is 1. The molecule has 1 amide bonds. The number of carbonyl (C=O) groups is 1. The molecule has 0 heterocycles. The lowest BCUT2D eigenvalue weighted by atomic mass is 10.3. The van der Waals surface area contributed by atoms with E-state index in [0.717, 1.165) is 4.90 Å². The highest BCUT2D eigenvalue weighted by Crippen LogP contribution is 2.10. The fourth-order valence-corrected chi connectivity index (χ4v) is 2.53. The van der Waals surface area contributed by atoms with Crippen LogP contribution in [-0.2, 0) is 0 Å². The standard InChI is InChI=1S/C8H20N2O3Si/c1-10(8(12)13)5-6(9)7(11)14(2,3)4/h6-7,11H,5,9H2,1-4H3,(H,12,13)/t6-,7?/m1/s1. The molecule has 6 heteroatoms. The second-order valence-electron chi connectivity index (χ2n) is 4.64. The number of aliphatic hydroxyl groups is 1. The Balaban J connectivity index is 4.21. The highest BCUT2D eigenvalue weighted by atomic mass is 28.3. The van der Waals surface area contributed by atoms with E-state index in [1.165, 1.54) is 7.05 Å². The number of hydrogen-bond acceptors (Lipinski definition) is 3. The van der Waals surface area contributed by atoms with Crippen molar-refractivity contribution in [3.05, 3.63) is 0 Å². The van der Waals surface area contributed by atoms with E-state index in [4.69, 9.17) is 10.8 Å². The molecule has 0 rings (SSSR count). The fourth-order valence-electron chi connectivity index (χ4n) is 1.14. The molecule has 14 heavy (non-hydrogen) atoms. The van der Waals surface area contributed by atoms with Crippen LogP contribution in [0.2, 0.25) is 19.6 Å². The van der Waals surface area contributed by atoms with Gasteiger partial charge in [-0.1, -0.05) is 19.6 Å². The average Bonchev–Trinajstić information content (AvgIpc) is 2.00. The minimum absolute atomic E-state index is 0.167. The summed E-state index contributed by atoms with van der Waals surface area (Å²) in [5.74, 6) is 0. The summed E-state index contributed by atoms with van der Waals surface area (Å²) in [6.45, 7) is 6.16. The predicted molar refractivity (Wildman–Crippen MR) is 58.0 cm³/mol. The zero-order chi connectivity index (χ0) is 11.5. The second-order valence-corrected chi connectivity index (χ2v) is 9.96. The van der Waals surface area contributed by atoms with Crippen LogP contribution < -0.4 is 5.73 Å². The molecule has 4 N–H and O–H groups in total. The first-order valence-corrected chi connectivity index (χ1v) is 8.11. The normalized spacial score (nSPS) is 16.1. The van der Waals surface area contributed by atoms with Crippen LogP contribution in [-0.4, -0.2) is 54.6 Å². The minimum Gasteiger partial charge on any atom is -0.465 e. The smallest absolute Gasteiger partial charge is 0.407 e. The molecule has 0 aromatic heterocycles. The van der Waals surface area contributed by atoms with Gasteiger partial charge in [0.1, 0.15) is 0 Å². The molecule has 0 bridgehead atoms. The second kappa shape index (κ2) is 4.76. The van der Waals surface area contributed by atoms with Crippen LogP contribution in [0.15, 0.2) is 0 Å². The molecule has 84 valence electrons. The third kappa shape index (κ3) is 4.08. The number of hydrogen-bond donors (Lipinski definition) is 3. The van der Waals surface area contributed by atoms with E-state index < -0.39 is 25.9 Å². The van der Waals surface area contributed by atoms with Crippen LogP contribution in [0, 0.1) is 0 Å². The third-order valence-corrected chi connectivity index (χ3v) is 4.31. The predicted octanol–water partition coefficient (Wildman–Crippen LogP) is 0.162. The van der Waals surface area contributed by atoms with Gasteiger partial charge in [0.15, 0.2) is 0 Å². The van der Waals surface area contributed by atoms with Gasteiger partial charge >= 0.3 is 6.09 Å². The summed E-state index contributed by atoms with van der Waals surface area (Å²) >= 11 is 0. The Kier molecular flexibility index (Phi) is 4.56. The van der Waals surface area contributed by atoms with Crippen molar-refractivity contribution < 1.29 is 15.0 Å². The van der Waals surface area contributed by atoms with Crippen LogP contribution in [0.3, 0.4) is 0 Å². The summed E-state index contributed by atoms with van der Waals surface area (Å²) in [6.07, 6.45) is -1.02. The van der Waals surface area contributed by atoms with Crippen molar-refractivity contribution in [1.29, 1.82) is 0 Å². The lowest BCUT2D eigenvalue weighted by Crippen LogP contribution is -2.55. The molecule has 0 aliphatic heterocycles. The fraction of sp³-hybridized carbons (Fsp3) is 0.875. The molecule has 5 nitrogen and oxygen atoms in total. The SMILES string of the molecule is CN(C[C@@H](N)C(O)[Si](C)(C)C)C(=O)O. The number of rotatable bonds is 4. The van der Waals surface area contributed by atoms with Crippen LogP contribution in [0.1, 0.15) is 0 Å². The van der Waals surface area contributed by atoms with E-state index in [1.54, 1.807) is 0 Å². The summed E-state index contributed by atoms with van der Waals surface area (Å²) in [4.78, 5) is 11.6. The van der Waals surface area contributed by atoms with Gasteiger partial charge in [-0.25, -0.2) is 4.79 Å². The Morgan fingerprint density at radius 2 is 1.93 bits per heavy atom. The molecule has 0 saturated carbocycles. The maximum atomic E-state index is 10.5. The third-order valence-electron chi connectivity index (χ3n) is 2.10. The van der Waals surface area contributed by atoms with Crippen LogP contribution in [0.25, 0.3) is 0 Å². The topological polar surface area (TPSA) is 86.8 Å². The Morgan fingerprint density at radius 1 is 1.50 bits per heavy atom. The molecule has 0 saturated heterocycles. The van der Waals surface area contributed by atoms with Crippen molar-refractivity contribution in [2.75, 3.05) is 13.6 Å². The first kappa shape index (κ1) is 13.4. The molecule has 1 unspecified atom stereocenters. The quantitative estimate of drug-likeness (QED) is 0.589. The first-order valence-electron chi connectivity index (χ1n) is 4.54. The van der Waals surface area contributed by atoms with E-state index in [1.807, 2.05) is 19.6 Å². The van der Waals surface area contributed by atoms with Crippen LogP contribution in [0.4, 0.5) is 4.79 Å². The molecule has 0 fully saturated rings. The van der Waals surface area contributed by atoms with Gasteiger partial charge in [-0.05, 0) is 0 Å². The van der Waals surface area contributed by atoms with Crippen LogP contribution >= 0.6 is 0 Å². The molecule has 0 aliphatic rings. The van der Waals surface area contributed by atoms with Crippen LogP contribution in [0.5, 0.6) is 0 Å². The van der Waals surface area contributed by atoms with E-state index in [-0.39, 0.29) is 6.54 Å². The average molecular weight is 220 g/mol. The van der Waals surface area contributed by atoms with Gasteiger partial charge in [0.2, 0.25) is 0 Å². The first-order chi connectivity index (χ1) is 6.16.